The molecule has 15 nitrogen and oxygen atoms in total. The maximum Gasteiger partial charge on any atom is 0.251 e. The normalized spacial score (nSPS) is 17.0. The molecule has 16 heteroatoms. The Morgan fingerprint density at radius 2 is 1.77 bits per heavy atom. The third-order valence-corrected chi connectivity index (χ3v) is 11.2. The maximum atomic E-state index is 12.9. The van der Waals surface area contributed by atoms with Crippen molar-refractivity contribution in [3.63, 3.8) is 0 Å². The number of nitriles is 1. The van der Waals surface area contributed by atoms with E-state index in [1.54, 1.807) is 36.5 Å². The second-order valence-electron chi connectivity index (χ2n) is 14.4. The summed E-state index contributed by atoms with van der Waals surface area (Å²) in [5.74, 6) is 1.24. The number of nitrogens with zero attached hydrogens (tertiary/aromatic N) is 8. The van der Waals surface area contributed by atoms with Gasteiger partial charge in [0.1, 0.15) is 23.9 Å². The van der Waals surface area contributed by atoms with Gasteiger partial charge in [-0.2, -0.15) is 10.4 Å². The molecule has 3 aliphatic heterocycles. The quantitative estimate of drug-likeness (QED) is 0.0607. The molecule has 6 rings (SSSR count). The summed E-state index contributed by atoms with van der Waals surface area (Å²) in [4.78, 5) is 48.8. The highest BCUT2D eigenvalue weighted by atomic mass is 32.2. The van der Waals surface area contributed by atoms with Gasteiger partial charge in [-0.1, -0.05) is 31.0 Å². The Labute approximate surface area is 359 Å². The van der Waals surface area contributed by atoms with Crippen LogP contribution in [0.4, 0.5) is 11.4 Å². The largest absolute Gasteiger partial charge is 0.369 e. The Morgan fingerprint density at radius 1 is 1.07 bits per heavy atom. The average Bonchev–Trinajstić information content (AvgIpc) is 3.95. The van der Waals surface area contributed by atoms with Crippen molar-refractivity contribution in [2.45, 2.75) is 44.1 Å². The number of aliphatic imine (C=N–C) groups is 2. The van der Waals surface area contributed by atoms with Gasteiger partial charge in [-0.25, -0.2) is 9.30 Å². The first-order valence-corrected chi connectivity index (χ1v) is 21.3. The minimum absolute atomic E-state index is 0.115. The highest BCUT2D eigenvalue weighted by Gasteiger charge is 2.45. The van der Waals surface area contributed by atoms with Gasteiger partial charge < -0.3 is 36.2 Å². The fraction of sp³-hybridized carbons (Fsp3) is 0.432. The van der Waals surface area contributed by atoms with E-state index in [2.05, 4.69) is 82.7 Å². The molecule has 0 radical (unpaired) electrons. The summed E-state index contributed by atoms with van der Waals surface area (Å²) in [5, 5.41) is 23.3. The number of piperazine rings is 1. The molecule has 2 saturated heterocycles. The fourth-order valence-corrected chi connectivity index (χ4v) is 8.23. The van der Waals surface area contributed by atoms with Crippen molar-refractivity contribution in [2.24, 2.45) is 15.7 Å². The SMILES string of the molecule is C=N/C(=C1/C=CN=C1Nc1ccc(C(=O)NCCCN2CCN(c3ccc(C(C=O)CCC=O)cc3)CC2)cc1)c1cnn(C2(CC#N)CN(SCC)C2)c1.CN.CNC. The van der Waals surface area contributed by atoms with Crippen molar-refractivity contribution in [1.29, 1.82) is 5.26 Å². The number of aldehydes is 2. The van der Waals surface area contributed by atoms with Gasteiger partial charge in [-0.15, -0.1) is 0 Å². The van der Waals surface area contributed by atoms with Gasteiger partial charge in [0, 0.05) is 104 Å². The Bertz CT molecular complexity index is 1970. The summed E-state index contributed by atoms with van der Waals surface area (Å²) < 4.78 is 4.16. The first-order valence-electron chi connectivity index (χ1n) is 20.4. The van der Waals surface area contributed by atoms with E-state index >= 15 is 0 Å². The Balaban J connectivity index is 0.00000152. The van der Waals surface area contributed by atoms with E-state index in [-0.39, 0.29) is 17.4 Å². The molecule has 1 amide bonds. The monoisotopic (exact) mass is 836 g/mol. The van der Waals surface area contributed by atoms with Crippen LogP contribution in [0.5, 0.6) is 0 Å². The van der Waals surface area contributed by atoms with E-state index in [9.17, 15) is 19.6 Å². The number of amides is 1. The van der Waals surface area contributed by atoms with Crippen LogP contribution in [0.3, 0.4) is 0 Å². The molecule has 0 bridgehead atoms. The first kappa shape index (κ1) is 47.2. The minimum atomic E-state index is -0.364. The molecule has 320 valence electrons. The molecular weight excluding hydrogens is 777 g/mol. The van der Waals surface area contributed by atoms with E-state index < -0.39 is 0 Å². The number of carbonyl (C=O) groups is 3. The zero-order valence-corrected chi connectivity index (χ0v) is 36.2. The van der Waals surface area contributed by atoms with Crippen molar-refractivity contribution in [3.8, 4) is 6.07 Å². The number of hydrogen-bond donors (Lipinski definition) is 4. The maximum absolute atomic E-state index is 12.9. The summed E-state index contributed by atoms with van der Waals surface area (Å²) in [7, 11) is 5.25. The van der Waals surface area contributed by atoms with Crippen molar-refractivity contribution in [3.05, 3.63) is 95.5 Å². The molecule has 1 aromatic heterocycles. The molecule has 1 atom stereocenters. The summed E-state index contributed by atoms with van der Waals surface area (Å²) >= 11 is 1.77. The lowest BCUT2D eigenvalue weighted by molar-refractivity contribution is -0.109. The van der Waals surface area contributed by atoms with Gasteiger partial charge >= 0.3 is 0 Å². The van der Waals surface area contributed by atoms with Crippen LogP contribution in [0, 0.1) is 11.3 Å². The number of carbonyl (C=O) groups excluding carboxylic acids is 3. The van der Waals surface area contributed by atoms with Crippen LogP contribution in [0.1, 0.15) is 60.0 Å². The Hall–Kier alpha value is -5.44. The van der Waals surface area contributed by atoms with Crippen molar-refractivity contribution >= 4 is 60.1 Å². The van der Waals surface area contributed by atoms with E-state index in [4.69, 9.17) is 0 Å². The molecule has 0 saturated carbocycles. The number of nitrogens with one attached hydrogen (secondary N) is 3. The van der Waals surface area contributed by atoms with Crippen LogP contribution >= 0.6 is 11.9 Å². The van der Waals surface area contributed by atoms with Crippen LogP contribution in [0.25, 0.3) is 5.70 Å². The van der Waals surface area contributed by atoms with Gasteiger partial charge in [0.15, 0.2) is 0 Å². The molecule has 4 heterocycles. The average molecular weight is 837 g/mol. The number of anilines is 2. The number of hydrogen-bond acceptors (Lipinski definition) is 14. The van der Waals surface area contributed by atoms with Crippen LogP contribution in [-0.4, -0.2) is 129 Å². The smallest absolute Gasteiger partial charge is 0.251 e. The van der Waals surface area contributed by atoms with Crippen LogP contribution < -0.4 is 26.6 Å². The summed E-state index contributed by atoms with van der Waals surface area (Å²) in [6.45, 7) is 12.6. The number of amidine groups is 1. The van der Waals surface area contributed by atoms with Gasteiger partial charge in [0.25, 0.3) is 5.91 Å². The van der Waals surface area contributed by atoms with Gasteiger partial charge in [-0.05, 0) is 95.3 Å². The number of benzene rings is 2. The third-order valence-electron chi connectivity index (χ3n) is 10.3. The van der Waals surface area contributed by atoms with Crippen molar-refractivity contribution in [2.75, 3.05) is 89.5 Å². The lowest BCUT2D eigenvalue weighted by atomic mass is 9.89. The second kappa shape index (κ2) is 24.6. The standard InChI is InChI=1S/C41H48N10O3S.C2H7N.CH5N/c1-3-55-50-29-41(30-50,16-17-42)51-27-34(26-46-51)38(43-2)37-15-19-44-39(37)47-35-11-7-32(8-12-35)40(54)45-18-5-20-48-21-23-49(24-22-48)36-13-9-31(10-14-36)33(28-53)6-4-25-52;1-3-2;1-2/h7-15,19,25-28,33H,2-6,16,18,20-24,29-30H2,1H3,(H,44,47)(H,45,54);3H,1-2H3;2H2,1H3/b38-37-;;. The molecule has 5 N–H and O–H groups in total. The zero-order chi connectivity index (χ0) is 43.3. The molecule has 60 heavy (non-hydrogen) atoms. The van der Waals surface area contributed by atoms with E-state index in [0.717, 1.165) is 98.6 Å². The lowest BCUT2D eigenvalue weighted by Crippen LogP contribution is -2.60. The van der Waals surface area contributed by atoms with Gasteiger partial charge in [-0.3, -0.25) is 19.4 Å². The minimum Gasteiger partial charge on any atom is -0.369 e. The van der Waals surface area contributed by atoms with Crippen molar-refractivity contribution in [1.82, 2.24) is 29.6 Å². The Kier molecular flexibility index (Phi) is 19.4. The van der Waals surface area contributed by atoms with E-state index in [1.807, 2.05) is 55.3 Å². The highest BCUT2D eigenvalue weighted by Crippen LogP contribution is 2.37. The summed E-state index contributed by atoms with van der Waals surface area (Å²) in [6, 6.07) is 17.8. The highest BCUT2D eigenvalue weighted by molar-refractivity contribution is 7.97. The molecule has 0 spiro atoms. The van der Waals surface area contributed by atoms with Crippen molar-refractivity contribution < 1.29 is 14.4 Å². The Morgan fingerprint density at radius 3 is 2.38 bits per heavy atom. The summed E-state index contributed by atoms with van der Waals surface area (Å²) in [5.41, 5.74) is 9.78. The molecule has 2 fully saturated rings. The number of aromatic nitrogens is 2. The molecule has 3 aromatic rings. The molecule has 3 aliphatic rings. The zero-order valence-electron chi connectivity index (χ0n) is 35.3. The third kappa shape index (κ3) is 12.5. The van der Waals surface area contributed by atoms with Crippen LogP contribution in [-0.2, 0) is 15.1 Å². The topological polar surface area (TPSA) is 189 Å². The molecule has 0 aliphatic carbocycles. The molecule has 2 aromatic carbocycles. The number of nitrogens with two attached hydrogens (primary N) is 1. The predicted molar refractivity (Wildman–Crippen MR) is 244 cm³/mol. The van der Waals surface area contributed by atoms with E-state index in [0.29, 0.717) is 42.9 Å². The fourth-order valence-electron chi connectivity index (χ4n) is 7.20. The lowest BCUT2D eigenvalue weighted by Gasteiger charge is -2.48. The van der Waals surface area contributed by atoms with Crippen LogP contribution in [0.2, 0.25) is 0 Å². The number of rotatable bonds is 18. The molecular formula is C44H60N12O3S. The van der Waals surface area contributed by atoms with Gasteiger partial charge in [0.2, 0.25) is 0 Å². The second-order valence-corrected chi connectivity index (χ2v) is 15.7. The molecule has 1 unspecified atom stereocenters. The predicted octanol–water partition coefficient (Wildman–Crippen LogP) is 4.54. The first-order chi connectivity index (χ1) is 29.3. The van der Waals surface area contributed by atoms with Crippen LogP contribution in [0.15, 0.2) is 88.8 Å². The van der Waals surface area contributed by atoms with E-state index in [1.165, 1.54) is 7.05 Å². The summed E-state index contributed by atoms with van der Waals surface area (Å²) in [6.07, 6.45) is 11.2. The van der Waals surface area contributed by atoms with Gasteiger partial charge in [0.05, 0.1) is 24.4 Å².